The first-order valence-corrected chi connectivity index (χ1v) is 6.16. The van der Waals surface area contributed by atoms with Crippen LogP contribution in [0, 0.1) is 19.8 Å². The Morgan fingerprint density at radius 2 is 2.06 bits per heavy atom. The second kappa shape index (κ2) is 4.88. The number of rotatable bonds is 4. The first kappa shape index (κ1) is 11.5. The van der Waals surface area contributed by atoms with E-state index in [1.54, 1.807) is 0 Å². The van der Waals surface area contributed by atoms with Crippen LogP contribution in [0.4, 0.5) is 5.69 Å². The molecule has 88 valence electrons. The standard InChI is InChI=1S/C14H22N2/c1-11-4-5-14(12(2)8-11)16(3)7-6-13-9-15-10-13/h4-5,8,13,15H,6-7,9-10H2,1-3H3. The van der Waals surface area contributed by atoms with Crippen molar-refractivity contribution in [1.29, 1.82) is 0 Å². The van der Waals surface area contributed by atoms with Crippen LogP contribution in [0.25, 0.3) is 0 Å². The number of hydrogen-bond donors (Lipinski definition) is 1. The van der Waals surface area contributed by atoms with Gasteiger partial charge >= 0.3 is 0 Å². The Balaban J connectivity index is 1.93. The molecule has 0 bridgehead atoms. The molecule has 0 unspecified atom stereocenters. The van der Waals surface area contributed by atoms with E-state index in [0.29, 0.717) is 0 Å². The fourth-order valence-electron chi connectivity index (χ4n) is 2.28. The SMILES string of the molecule is Cc1ccc(N(C)CCC2CNC2)c(C)c1. The smallest absolute Gasteiger partial charge is 0.0393 e. The summed E-state index contributed by atoms with van der Waals surface area (Å²) in [7, 11) is 2.20. The molecule has 0 aliphatic carbocycles. The first-order chi connectivity index (χ1) is 7.66. The Morgan fingerprint density at radius 1 is 1.31 bits per heavy atom. The number of aryl methyl sites for hydroxylation is 2. The second-order valence-corrected chi connectivity index (χ2v) is 5.02. The van der Waals surface area contributed by atoms with Crippen LogP contribution in [0.5, 0.6) is 0 Å². The third kappa shape index (κ3) is 2.56. The highest BCUT2D eigenvalue weighted by molar-refractivity contribution is 5.53. The first-order valence-electron chi connectivity index (χ1n) is 6.16. The zero-order chi connectivity index (χ0) is 11.5. The molecule has 1 N–H and O–H groups in total. The Morgan fingerprint density at radius 3 is 2.62 bits per heavy atom. The average molecular weight is 218 g/mol. The van der Waals surface area contributed by atoms with Gasteiger partial charge in [0.1, 0.15) is 0 Å². The third-order valence-corrected chi connectivity index (χ3v) is 3.50. The van der Waals surface area contributed by atoms with E-state index in [1.165, 1.54) is 36.3 Å². The van der Waals surface area contributed by atoms with Gasteiger partial charge in [0.05, 0.1) is 0 Å². The van der Waals surface area contributed by atoms with Crippen LogP contribution in [-0.2, 0) is 0 Å². The van der Waals surface area contributed by atoms with Gasteiger partial charge in [-0.15, -0.1) is 0 Å². The lowest BCUT2D eigenvalue weighted by Crippen LogP contribution is -2.43. The van der Waals surface area contributed by atoms with E-state index >= 15 is 0 Å². The molecule has 2 nitrogen and oxygen atoms in total. The number of nitrogens with one attached hydrogen (secondary N) is 1. The summed E-state index contributed by atoms with van der Waals surface area (Å²) >= 11 is 0. The lowest BCUT2D eigenvalue weighted by atomic mass is 9.99. The molecule has 2 heteroatoms. The largest absolute Gasteiger partial charge is 0.374 e. The number of hydrogen-bond acceptors (Lipinski definition) is 2. The number of anilines is 1. The molecular weight excluding hydrogens is 196 g/mol. The van der Waals surface area contributed by atoms with Crippen LogP contribution in [0.15, 0.2) is 18.2 Å². The van der Waals surface area contributed by atoms with Crippen LogP contribution < -0.4 is 10.2 Å². The van der Waals surface area contributed by atoms with Crippen molar-refractivity contribution >= 4 is 5.69 Å². The summed E-state index contributed by atoms with van der Waals surface area (Å²) in [5.74, 6) is 0.896. The minimum atomic E-state index is 0.896. The summed E-state index contributed by atoms with van der Waals surface area (Å²) in [5.41, 5.74) is 4.10. The third-order valence-electron chi connectivity index (χ3n) is 3.50. The van der Waals surface area contributed by atoms with Gasteiger partial charge in [0, 0.05) is 19.3 Å². The highest BCUT2D eigenvalue weighted by Gasteiger charge is 2.17. The molecule has 1 aromatic carbocycles. The van der Waals surface area contributed by atoms with Crippen molar-refractivity contribution in [3.8, 4) is 0 Å². The highest BCUT2D eigenvalue weighted by atomic mass is 15.1. The van der Waals surface area contributed by atoms with Gasteiger partial charge in [-0.2, -0.15) is 0 Å². The zero-order valence-electron chi connectivity index (χ0n) is 10.6. The minimum absolute atomic E-state index is 0.896. The van der Waals surface area contributed by atoms with Gasteiger partial charge < -0.3 is 10.2 Å². The molecule has 0 aromatic heterocycles. The number of benzene rings is 1. The monoisotopic (exact) mass is 218 g/mol. The molecule has 1 heterocycles. The molecule has 0 saturated carbocycles. The Bertz CT molecular complexity index is 356. The molecule has 1 saturated heterocycles. The van der Waals surface area contributed by atoms with E-state index in [1.807, 2.05) is 0 Å². The van der Waals surface area contributed by atoms with Crippen molar-refractivity contribution in [2.24, 2.45) is 5.92 Å². The van der Waals surface area contributed by atoms with Gasteiger partial charge in [0.2, 0.25) is 0 Å². The van der Waals surface area contributed by atoms with Crippen molar-refractivity contribution in [2.45, 2.75) is 20.3 Å². The quantitative estimate of drug-likeness (QED) is 0.834. The summed E-state index contributed by atoms with van der Waals surface area (Å²) in [5, 5.41) is 3.33. The fourth-order valence-corrected chi connectivity index (χ4v) is 2.28. The van der Waals surface area contributed by atoms with Gasteiger partial charge in [-0.3, -0.25) is 0 Å². The van der Waals surface area contributed by atoms with Crippen LogP contribution in [0.3, 0.4) is 0 Å². The normalized spacial score (nSPS) is 15.9. The van der Waals surface area contributed by atoms with Gasteiger partial charge in [-0.05, 0) is 50.9 Å². The van der Waals surface area contributed by atoms with Crippen molar-refractivity contribution < 1.29 is 0 Å². The summed E-state index contributed by atoms with van der Waals surface area (Å²) in [4.78, 5) is 2.38. The molecular formula is C14H22N2. The van der Waals surface area contributed by atoms with E-state index in [4.69, 9.17) is 0 Å². The molecule has 1 aliphatic rings. The maximum atomic E-state index is 3.33. The van der Waals surface area contributed by atoms with E-state index in [-0.39, 0.29) is 0 Å². The van der Waals surface area contributed by atoms with Crippen molar-refractivity contribution in [3.63, 3.8) is 0 Å². The van der Waals surface area contributed by atoms with Gasteiger partial charge in [0.15, 0.2) is 0 Å². The van der Waals surface area contributed by atoms with E-state index < -0.39 is 0 Å². The van der Waals surface area contributed by atoms with Crippen LogP contribution in [-0.4, -0.2) is 26.7 Å². The lowest BCUT2D eigenvalue weighted by Gasteiger charge is -2.30. The predicted octanol–water partition coefficient (Wildman–Crippen LogP) is 2.35. The predicted molar refractivity (Wildman–Crippen MR) is 70.2 cm³/mol. The van der Waals surface area contributed by atoms with Gasteiger partial charge in [-0.25, -0.2) is 0 Å². The summed E-state index contributed by atoms with van der Waals surface area (Å²) in [6.07, 6.45) is 1.30. The second-order valence-electron chi connectivity index (χ2n) is 5.02. The minimum Gasteiger partial charge on any atom is -0.374 e. The van der Waals surface area contributed by atoms with Crippen LogP contribution in [0.2, 0.25) is 0 Å². The molecule has 16 heavy (non-hydrogen) atoms. The fraction of sp³-hybridized carbons (Fsp3) is 0.571. The topological polar surface area (TPSA) is 15.3 Å². The molecule has 2 rings (SSSR count). The molecule has 1 aliphatic heterocycles. The van der Waals surface area contributed by atoms with Crippen LogP contribution >= 0.6 is 0 Å². The van der Waals surface area contributed by atoms with Crippen LogP contribution in [0.1, 0.15) is 17.5 Å². The van der Waals surface area contributed by atoms with Crippen molar-refractivity contribution in [1.82, 2.24) is 5.32 Å². The zero-order valence-corrected chi connectivity index (χ0v) is 10.6. The average Bonchev–Trinajstić information content (AvgIpc) is 2.14. The summed E-state index contributed by atoms with van der Waals surface area (Å²) in [6, 6.07) is 6.70. The van der Waals surface area contributed by atoms with Crippen molar-refractivity contribution in [2.75, 3.05) is 31.6 Å². The van der Waals surface area contributed by atoms with E-state index in [0.717, 1.165) is 12.5 Å². The highest BCUT2D eigenvalue weighted by Crippen LogP contribution is 2.21. The molecule has 1 aromatic rings. The van der Waals surface area contributed by atoms with Gasteiger partial charge in [0.25, 0.3) is 0 Å². The molecule has 1 fully saturated rings. The van der Waals surface area contributed by atoms with Gasteiger partial charge in [-0.1, -0.05) is 17.7 Å². The molecule has 0 atom stereocenters. The summed E-state index contributed by atoms with van der Waals surface area (Å²) < 4.78 is 0. The Hall–Kier alpha value is -1.02. The molecule has 0 amide bonds. The summed E-state index contributed by atoms with van der Waals surface area (Å²) in [6.45, 7) is 7.93. The van der Waals surface area contributed by atoms with E-state index in [2.05, 4.69) is 49.3 Å². The van der Waals surface area contributed by atoms with Crippen molar-refractivity contribution in [3.05, 3.63) is 29.3 Å². The van der Waals surface area contributed by atoms with E-state index in [9.17, 15) is 0 Å². The Labute approximate surface area is 98.7 Å². The maximum absolute atomic E-state index is 3.33. The molecule has 0 radical (unpaired) electrons. The lowest BCUT2D eigenvalue weighted by molar-refractivity contribution is 0.330. The maximum Gasteiger partial charge on any atom is 0.0393 e. The number of nitrogens with zero attached hydrogens (tertiary/aromatic N) is 1. The Kier molecular flexibility index (Phi) is 3.49. The molecule has 0 spiro atoms.